The lowest BCUT2D eigenvalue weighted by Crippen LogP contribution is -2.36. The number of rotatable bonds is 6. The standard InChI is InChI=1S/C29H42O3S/c1-18-14-28(33-17-18)26(31)12-7-19(2)24-10-11-25-21(6-5-13-29(24,25)4)8-9-22-15-23(30)16-27(32)20(22)3/h8-9,14,17,19,23-27,30-32H,3,5-7,10-13,15-16H2,1-2,4H3/b21-8+,22-9-/t19-,23-,24-,25+,26+,27+,29-/m1/s1. The van der Waals surface area contributed by atoms with E-state index >= 15 is 0 Å². The highest BCUT2D eigenvalue weighted by Crippen LogP contribution is 2.60. The fourth-order valence-electron chi connectivity index (χ4n) is 7.07. The third kappa shape index (κ3) is 5.24. The summed E-state index contributed by atoms with van der Waals surface area (Å²) in [6.45, 7) is 11.1. The van der Waals surface area contributed by atoms with Gasteiger partial charge >= 0.3 is 0 Å². The van der Waals surface area contributed by atoms with Crippen LogP contribution in [-0.4, -0.2) is 27.5 Å². The van der Waals surface area contributed by atoms with Crippen LogP contribution in [0.2, 0.25) is 0 Å². The van der Waals surface area contributed by atoms with Gasteiger partial charge in [0.15, 0.2) is 0 Å². The van der Waals surface area contributed by atoms with Crippen LogP contribution in [0.5, 0.6) is 0 Å². The number of allylic oxidation sites excluding steroid dienone is 3. The minimum absolute atomic E-state index is 0.328. The van der Waals surface area contributed by atoms with Crippen LogP contribution in [0.3, 0.4) is 0 Å². The van der Waals surface area contributed by atoms with E-state index in [1.54, 1.807) is 16.9 Å². The van der Waals surface area contributed by atoms with Crippen molar-refractivity contribution in [2.24, 2.45) is 23.2 Å². The van der Waals surface area contributed by atoms with Crippen LogP contribution in [-0.2, 0) is 0 Å². The van der Waals surface area contributed by atoms with Gasteiger partial charge in [-0.15, -0.1) is 11.3 Å². The Morgan fingerprint density at radius 3 is 2.76 bits per heavy atom. The predicted octanol–water partition coefficient (Wildman–Crippen LogP) is 6.65. The molecule has 0 radical (unpaired) electrons. The normalized spacial score (nSPS) is 36.8. The van der Waals surface area contributed by atoms with E-state index in [1.165, 1.54) is 31.2 Å². The summed E-state index contributed by atoms with van der Waals surface area (Å²) >= 11 is 1.68. The highest BCUT2D eigenvalue weighted by atomic mass is 32.1. The van der Waals surface area contributed by atoms with Gasteiger partial charge in [0.2, 0.25) is 0 Å². The summed E-state index contributed by atoms with van der Waals surface area (Å²) in [5.74, 6) is 1.92. The van der Waals surface area contributed by atoms with E-state index in [9.17, 15) is 15.3 Å². The Bertz CT molecular complexity index is 912. The fourth-order valence-corrected chi connectivity index (χ4v) is 7.99. The molecule has 4 heteroatoms. The number of hydrogen-bond acceptors (Lipinski definition) is 4. The SMILES string of the molecule is C=C1/C(=C\C=C2/CCC[C@]3(C)[C@@H]([C@H](C)CC[C@H](O)c4cc(C)cs4)CC[C@@H]23)C[C@@H](O)C[C@@H]1O. The maximum atomic E-state index is 10.7. The predicted molar refractivity (Wildman–Crippen MR) is 137 cm³/mol. The van der Waals surface area contributed by atoms with Crippen molar-refractivity contribution in [2.75, 3.05) is 0 Å². The van der Waals surface area contributed by atoms with Crippen LogP contribution in [0.1, 0.15) is 88.2 Å². The average Bonchev–Trinajstić information content (AvgIpc) is 3.36. The van der Waals surface area contributed by atoms with E-state index in [0.717, 1.165) is 35.3 Å². The van der Waals surface area contributed by atoms with Gasteiger partial charge in [-0.25, -0.2) is 0 Å². The Balaban J connectivity index is 1.43. The molecule has 0 unspecified atom stereocenters. The van der Waals surface area contributed by atoms with E-state index in [-0.39, 0.29) is 6.10 Å². The van der Waals surface area contributed by atoms with Crippen molar-refractivity contribution in [1.29, 1.82) is 0 Å². The zero-order valence-corrected chi connectivity index (χ0v) is 21.4. The number of aliphatic hydroxyl groups is 3. The van der Waals surface area contributed by atoms with Gasteiger partial charge < -0.3 is 15.3 Å². The fraction of sp³-hybridized carbons (Fsp3) is 0.655. The smallest absolute Gasteiger partial charge is 0.0882 e. The highest BCUT2D eigenvalue weighted by Gasteiger charge is 2.50. The first kappa shape index (κ1) is 24.9. The van der Waals surface area contributed by atoms with E-state index in [1.807, 2.05) is 0 Å². The Morgan fingerprint density at radius 1 is 1.24 bits per heavy atom. The zero-order chi connectivity index (χ0) is 23.8. The maximum absolute atomic E-state index is 10.7. The van der Waals surface area contributed by atoms with Crippen molar-refractivity contribution < 1.29 is 15.3 Å². The van der Waals surface area contributed by atoms with Crippen LogP contribution in [0.15, 0.2) is 46.9 Å². The number of aryl methyl sites for hydroxylation is 1. The van der Waals surface area contributed by atoms with Crippen molar-refractivity contribution in [3.05, 3.63) is 57.3 Å². The molecule has 3 aliphatic rings. The minimum atomic E-state index is -0.625. The number of thiophene rings is 1. The first-order valence-corrected chi connectivity index (χ1v) is 13.7. The summed E-state index contributed by atoms with van der Waals surface area (Å²) in [6, 6.07) is 2.12. The molecule has 3 nitrogen and oxygen atoms in total. The molecule has 0 bridgehead atoms. The van der Waals surface area contributed by atoms with Crippen LogP contribution in [0.4, 0.5) is 0 Å². The molecule has 3 aliphatic carbocycles. The summed E-state index contributed by atoms with van der Waals surface area (Å²) in [5.41, 5.74) is 4.89. The monoisotopic (exact) mass is 470 g/mol. The molecule has 3 fully saturated rings. The summed E-state index contributed by atoms with van der Waals surface area (Å²) in [7, 11) is 0. The first-order valence-electron chi connectivity index (χ1n) is 12.9. The van der Waals surface area contributed by atoms with Crippen molar-refractivity contribution in [3.8, 4) is 0 Å². The minimum Gasteiger partial charge on any atom is -0.393 e. The molecular weight excluding hydrogens is 428 g/mol. The zero-order valence-electron chi connectivity index (χ0n) is 20.6. The molecular formula is C29H42O3S. The molecule has 33 heavy (non-hydrogen) atoms. The van der Waals surface area contributed by atoms with E-state index < -0.39 is 12.2 Å². The third-order valence-electron chi connectivity index (χ3n) is 8.96. The number of fused-ring (bicyclic) bond motifs is 1. The largest absolute Gasteiger partial charge is 0.393 e. The summed E-state index contributed by atoms with van der Waals surface area (Å²) in [4.78, 5) is 1.10. The van der Waals surface area contributed by atoms with Crippen molar-refractivity contribution >= 4 is 11.3 Å². The molecule has 1 aromatic heterocycles. The molecule has 182 valence electrons. The topological polar surface area (TPSA) is 60.7 Å². The van der Waals surface area contributed by atoms with Crippen LogP contribution in [0.25, 0.3) is 0 Å². The molecule has 0 spiro atoms. The number of hydrogen-bond donors (Lipinski definition) is 3. The molecule has 0 saturated heterocycles. The Morgan fingerprint density at radius 2 is 2.03 bits per heavy atom. The van der Waals surface area contributed by atoms with Gasteiger partial charge in [-0.2, -0.15) is 0 Å². The average molecular weight is 471 g/mol. The Hall–Kier alpha value is -1.20. The second-order valence-electron chi connectivity index (χ2n) is 11.3. The van der Waals surface area contributed by atoms with Crippen molar-refractivity contribution in [3.63, 3.8) is 0 Å². The van der Waals surface area contributed by atoms with Crippen LogP contribution < -0.4 is 0 Å². The lowest BCUT2D eigenvalue weighted by atomic mass is 9.60. The van der Waals surface area contributed by atoms with Gasteiger partial charge in [0.1, 0.15) is 0 Å². The molecule has 0 amide bonds. The third-order valence-corrected chi connectivity index (χ3v) is 10.1. The molecule has 0 aromatic carbocycles. The summed E-state index contributed by atoms with van der Waals surface area (Å²) in [5, 5.41) is 33.0. The van der Waals surface area contributed by atoms with E-state index in [0.29, 0.717) is 36.0 Å². The van der Waals surface area contributed by atoms with Crippen LogP contribution in [0, 0.1) is 30.1 Å². The second kappa shape index (κ2) is 10.2. The first-order chi connectivity index (χ1) is 15.7. The molecule has 7 atom stereocenters. The van der Waals surface area contributed by atoms with E-state index in [4.69, 9.17) is 0 Å². The molecule has 0 aliphatic heterocycles. The molecule has 3 saturated carbocycles. The van der Waals surface area contributed by atoms with E-state index in [2.05, 4.69) is 50.9 Å². The van der Waals surface area contributed by atoms with Crippen LogP contribution >= 0.6 is 11.3 Å². The van der Waals surface area contributed by atoms with Crippen molar-refractivity contribution in [1.82, 2.24) is 0 Å². The molecule has 1 heterocycles. The van der Waals surface area contributed by atoms with Gasteiger partial charge in [-0.1, -0.05) is 38.2 Å². The summed E-state index contributed by atoms with van der Waals surface area (Å²) < 4.78 is 0. The van der Waals surface area contributed by atoms with Gasteiger partial charge in [0.05, 0.1) is 18.3 Å². The maximum Gasteiger partial charge on any atom is 0.0882 e. The lowest BCUT2D eigenvalue weighted by Gasteiger charge is -2.44. The number of aliphatic hydroxyl groups excluding tert-OH is 3. The van der Waals surface area contributed by atoms with Gasteiger partial charge in [-0.3, -0.25) is 0 Å². The molecule has 4 rings (SSSR count). The Labute approximate surface area is 203 Å². The molecule has 1 aromatic rings. The Kier molecular flexibility index (Phi) is 7.69. The molecule has 3 N–H and O–H groups in total. The van der Waals surface area contributed by atoms with Gasteiger partial charge in [0, 0.05) is 11.3 Å². The van der Waals surface area contributed by atoms with Gasteiger partial charge in [0.25, 0.3) is 0 Å². The summed E-state index contributed by atoms with van der Waals surface area (Å²) in [6.07, 6.45) is 12.1. The highest BCUT2D eigenvalue weighted by molar-refractivity contribution is 7.10. The van der Waals surface area contributed by atoms with Gasteiger partial charge in [-0.05, 0) is 110 Å². The van der Waals surface area contributed by atoms with Crippen molar-refractivity contribution in [2.45, 2.75) is 96.9 Å². The lowest BCUT2D eigenvalue weighted by molar-refractivity contribution is 0.0828. The second-order valence-corrected chi connectivity index (χ2v) is 12.2. The quantitative estimate of drug-likeness (QED) is 0.436.